The summed E-state index contributed by atoms with van der Waals surface area (Å²) in [6.07, 6.45) is 0. The minimum Gasteiger partial charge on any atom is -0.423 e. The number of benzene rings is 2. The van der Waals surface area contributed by atoms with Gasteiger partial charge in [-0.05, 0) is 50.1 Å². The molecule has 2 rings (SSSR count). The van der Waals surface area contributed by atoms with Gasteiger partial charge in [0.05, 0.1) is 0 Å². The summed E-state index contributed by atoms with van der Waals surface area (Å²) in [5.74, 6) is -0.0300. The molecule has 0 atom stereocenters. The van der Waals surface area contributed by atoms with Crippen molar-refractivity contribution in [2.45, 2.75) is 20.8 Å². The summed E-state index contributed by atoms with van der Waals surface area (Å²) in [7, 11) is 0. The third-order valence-corrected chi connectivity index (χ3v) is 3.48. The number of ether oxygens (including phenoxy) is 2. The number of carbonyl (C=O) groups excluding carboxylic acids is 2. The summed E-state index contributed by atoms with van der Waals surface area (Å²) in [5.41, 5.74) is 3.05. The number of rotatable bonds is 5. The summed E-state index contributed by atoms with van der Waals surface area (Å²) in [4.78, 5) is 23.5. The number of esters is 2. The Morgan fingerprint density at radius 1 is 0.840 bits per heavy atom. The van der Waals surface area contributed by atoms with Crippen molar-refractivity contribution in [1.29, 1.82) is 0 Å². The quantitative estimate of drug-likeness (QED) is 0.454. The highest BCUT2D eigenvalue weighted by Crippen LogP contribution is 2.33. The van der Waals surface area contributed by atoms with E-state index in [1.54, 1.807) is 32.0 Å². The first kappa shape index (κ1) is 18.2. The molecule has 0 saturated carbocycles. The lowest BCUT2D eigenvalue weighted by Crippen LogP contribution is -2.09. The molecule has 0 unspecified atom stereocenters. The molecule has 0 fully saturated rings. The maximum atomic E-state index is 11.8. The molecule has 0 aliphatic rings. The first-order valence-electron chi connectivity index (χ1n) is 7.75. The topological polar surface area (TPSA) is 52.6 Å². The van der Waals surface area contributed by atoms with Crippen LogP contribution in [0.1, 0.15) is 19.4 Å². The van der Waals surface area contributed by atoms with Crippen LogP contribution < -0.4 is 9.47 Å². The fraction of sp³-hybridized carbons (Fsp3) is 0.143. The minimum atomic E-state index is -0.476. The molecule has 0 bridgehead atoms. The maximum Gasteiger partial charge on any atom is 0.338 e. The van der Waals surface area contributed by atoms with Gasteiger partial charge in [0, 0.05) is 16.7 Å². The van der Waals surface area contributed by atoms with E-state index in [-0.39, 0.29) is 0 Å². The van der Waals surface area contributed by atoms with Crippen LogP contribution in [0.4, 0.5) is 0 Å². The largest absolute Gasteiger partial charge is 0.423 e. The zero-order valence-corrected chi connectivity index (χ0v) is 14.6. The van der Waals surface area contributed by atoms with Gasteiger partial charge in [-0.1, -0.05) is 37.4 Å². The highest BCUT2D eigenvalue weighted by atomic mass is 16.5. The Bertz CT molecular complexity index is 862. The Balaban J connectivity index is 2.35. The van der Waals surface area contributed by atoms with Crippen LogP contribution in [0.25, 0.3) is 11.1 Å². The van der Waals surface area contributed by atoms with E-state index in [9.17, 15) is 9.59 Å². The van der Waals surface area contributed by atoms with Gasteiger partial charge in [0.25, 0.3) is 0 Å². The Kier molecular flexibility index (Phi) is 5.55. The van der Waals surface area contributed by atoms with Crippen LogP contribution in [0.2, 0.25) is 0 Å². The molecule has 4 nitrogen and oxygen atoms in total. The van der Waals surface area contributed by atoms with E-state index in [1.807, 2.05) is 31.2 Å². The molecule has 0 saturated heterocycles. The molecule has 2 aromatic carbocycles. The third kappa shape index (κ3) is 4.44. The van der Waals surface area contributed by atoms with Crippen LogP contribution in [0, 0.1) is 6.92 Å². The third-order valence-electron chi connectivity index (χ3n) is 3.48. The summed E-state index contributed by atoms with van der Waals surface area (Å²) in [6, 6.07) is 12.6. The second-order valence-electron chi connectivity index (χ2n) is 5.82. The first-order chi connectivity index (χ1) is 11.8. The van der Waals surface area contributed by atoms with E-state index >= 15 is 0 Å². The standard InChI is InChI=1S/C21H20O4/c1-13(2)20(22)24-18-11-10-16(12-15(18)5)17-8-6-7-9-19(17)25-21(23)14(3)4/h6-12H,1,3H2,2,4-5H3. The molecule has 25 heavy (non-hydrogen) atoms. The molecule has 2 aromatic rings. The first-order valence-corrected chi connectivity index (χ1v) is 7.75. The number of carbonyl (C=O) groups is 2. The van der Waals surface area contributed by atoms with Crippen LogP contribution in [-0.4, -0.2) is 11.9 Å². The lowest BCUT2D eigenvalue weighted by atomic mass is 10.0. The monoisotopic (exact) mass is 336 g/mol. The highest BCUT2D eigenvalue weighted by Gasteiger charge is 2.13. The van der Waals surface area contributed by atoms with Crippen molar-refractivity contribution >= 4 is 11.9 Å². The Hall–Kier alpha value is -3.14. The summed E-state index contributed by atoms with van der Waals surface area (Å²) < 4.78 is 10.7. The molecule has 0 N–H and O–H groups in total. The number of hydrogen-bond acceptors (Lipinski definition) is 4. The zero-order valence-electron chi connectivity index (χ0n) is 14.6. The van der Waals surface area contributed by atoms with Gasteiger partial charge in [0.1, 0.15) is 11.5 Å². The maximum absolute atomic E-state index is 11.8. The lowest BCUT2D eigenvalue weighted by molar-refractivity contribution is -0.130. The van der Waals surface area contributed by atoms with Crippen LogP contribution >= 0.6 is 0 Å². The molecular weight excluding hydrogens is 316 g/mol. The van der Waals surface area contributed by atoms with Crippen molar-refractivity contribution in [1.82, 2.24) is 0 Å². The van der Waals surface area contributed by atoms with E-state index in [1.165, 1.54) is 0 Å². The zero-order chi connectivity index (χ0) is 18.6. The van der Waals surface area contributed by atoms with Crippen molar-refractivity contribution in [2.75, 3.05) is 0 Å². The molecule has 4 heteroatoms. The van der Waals surface area contributed by atoms with Gasteiger partial charge in [0.2, 0.25) is 0 Å². The van der Waals surface area contributed by atoms with Crippen LogP contribution in [0.5, 0.6) is 11.5 Å². The summed E-state index contributed by atoms with van der Waals surface area (Å²) in [5, 5.41) is 0. The van der Waals surface area contributed by atoms with Gasteiger partial charge in [-0.2, -0.15) is 0 Å². The number of hydrogen-bond donors (Lipinski definition) is 0. The average molecular weight is 336 g/mol. The van der Waals surface area contributed by atoms with Crippen LogP contribution in [0.3, 0.4) is 0 Å². The molecule has 0 amide bonds. The number of para-hydroxylation sites is 1. The van der Waals surface area contributed by atoms with Crippen molar-refractivity contribution < 1.29 is 19.1 Å². The van der Waals surface area contributed by atoms with E-state index in [0.717, 1.165) is 16.7 Å². The molecule has 128 valence electrons. The van der Waals surface area contributed by atoms with Crippen LogP contribution in [-0.2, 0) is 9.59 Å². The van der Waals surface area contributed by atoms with E-state index < -0.39 is 11.9 Å². The van der Waals surface area contributed by atoms with Crippen molar-refractivity contribution in [3.8, 4) is 22.6 Å². The second kappa shape index (κ2) is 7.62. The van der Waals surface area contributed by atoms with E-state index in [0.29, 0.717) is 22.6 Å². The fourth-order valence-electron chi connectivity index (χ4n) is 2.10. The minimum absolute atomic E-state index is 0.327. The van der Waals surface area contributed by atoms with Gasteiger partial charge in [-0.15, -0.1) is 0 Å². The van der Waals surface area contributed by atoms with Crippen molar-refractivity contribution in [3.05, 3.63) is 72.3 Å². The van der Waals surface area contributed by atoms with E-state index in [4.69, 9.17) is 9.47 Å². The summed E-state index contributed by atoms with van der Waals surface area (Å²) in [6.45, 7) is 12.2. The van der Waals surface area contributed by atoms with Gasteiger partial charge in [-0.3, -0.25) is 0 Å². The van der Waals surface area contributed by atoms with Gasteiger partial charge < -0.3 is 9.47 Å². The van der Waals surface area contributed by atoms with Crippen molar-refractivity contribution in [2.24, 2.45) is 0 Å². The van der Waals surface area contributed by atoms with Gasteiger partial charge >= 0.3 is 11.9 Å². The van der Waals surface area contributed by atoms with Gasteiger partial charge in [0.15, 0.2) is 0 Å². The molecular formula is C21H20O4. The van der Waals surface area contributed by atoms with E-state index in [2.05, 4.69) is 13.2 Å². The molecule has 0 heterocycles. The highest BCUT2D eigenvalue weighted by molar-refractivity contribution is 5.90. The molecule has 0 aliphatic heterocycles. The Labute approximate surface area is 147 Å². The predicted octanol–water partition coefficient (Wildman–Crippen LogP) is 4.63. The lowest BCUT2D eigenvalue weighted by Gasteiger charge is -2.12. The Morgan fingerprint density at radius 3 is 1.96 bits per heavy atom. The molecule has 0 aromatic heterocycles. The van der Waals surface area contributed by atoms with Gasteiger partial charge in [-0.25, -0.2) is 9.59 Å². The summed E-state index contributed by atoms with van der Waals surface area (Å²) >= 11 is 0. The van der Waals surface area contributed by atoms with Crippen LogP contribution in [0.15, 0.2) is 66.8 Å². The molecule has 0 radical (unpaired) electrons. The number of aryl methyl sites for hydroxylation is 1. The molecule has 0 aliphatic carbocycles. The Morgan fingerprint density at radius 2 is 1.40 bits per heavy atom. The average Bonchev–Trinajstić information content (AvgIpc) is 2.56. The fourth-order valence-corrected chi connectivity index (χ4v) is 2.10. The van der Waals surface area contributed by atoms with Crippen molar-refractivity contribution in [3.63, 3.8) is 0 Å². The molecule has 0 spiro atoms. The normalized spacial score (nSPS) is 10.0. The second-order valence-corrected chi connectivity index (χ2v) is 5.82. The smallest absolute Gasteiger partial charge is 0.338 e. The predicted molar refractivity (Wildman–Crippen MR) is 97.5 cm³/mol. The SMILES string of the molecule is C=C(C)C(=O)Oc1ccc(-c2ccccc2OC(=O)C(=C)C)cc1C.